The van der Waals surface area contributed by atoms with Crippen molar-refractivity contribution in [2.75, 3.05) is 33.1 Å². The maximum Gasteiger partial charge on any atom is 0.408 e. The van der Waals surface area contributed by atoms with Crippen molar-refractivity contribution in [2.45, 2.75) is 62.0 Å². The summed E-state index contributed by atoms with van der Waals surface area (Å²) in [6, 6.07) is 10.3. The quantitative estimate of drug-likeness (QED) is 0.217. The topological polar surface area (TPSA) is 143 Å². The van der Waals surface area contributed by atoms with Gasteiger partial charge in [0.2, 0.25) is 5.96 Å². The molecule has 12 heteroatoms. The fourth-order valence-corrected chi connectivity index (χ4v) is 7.24. The van der Waals surface area contributed by atoms with E-state index in [-0.39, 0.29) is 18.9 Å². The van der Waals surface area contributed by atoms with Crippen molar-refractivity contribution in [3.05, 3.63) is 53.1 Å². The normalized spacial score (nSPS) is 20.6. The molecule has 1 aliphatic heterocycles. The summed E-state index contributed by atoms with van der Waals surface area (Å²) in [5, 5.41) is 20.3. The number of fused-ring (bicyclic) bond motifs is 3. The number of hydrogen-bond acceptors (Lipinski definition) is 10. The van der Waals surface area contributed by atoms with Crippen LogP contribution in [0.4, 0.5) is 4.79 Å². The molecule has 1 amide bonds. The lowest BCUT2D eigenvalue weighted by atomic mass is 9.85. The molecule has 1 saturated carbocycles. The Morgan fingerprint density at radius 2 is 1.93 bits per heavy atom. The fourth-order valence-electron chi connectivity index (χ4n) is 6.14. The molecule has 3 aliphatic rings. The zero-order valence-electron chi connectivity index (χ0n) is 24.6. The number of hydrazone groups is 1. The van der Waals surface area contributed by atoms with Crippen LogP contribution < -0.4 is 25.5 Å². The number of carbonyl (C=O) groups is 2. The Labute approximate surface area is 255 Å². The minimum absolute atomic E-state index is 0.0653. The molecule has 1 fully saturated rings. The number of methoxy groups -OCH3 is 2. The number of benzene rings is 2. The first-order valence-corrected chi connectivity index (χ1v) is 15.7. The van der Waals surface area contributed by atoms with Crippen LogP contribution >= 0.6 is 11.8 Å². The van der Waals surface area contributed by atoms with Crippen molar-refractivity contribution in [1.82, 2.24) is 16.1 Å². The number of carboxylic acids is 1. The number of nitrogens with one attached hydrogen (secondary N) is 3. The number of nitrogens with zero attached hydrogens (tertiary/aromatic N) is 2. The summed E-state index contributed by atoms with van der Waals surface area (Å²) in [5.41, 5.74) is 7.51. The zero-order chi connectivity index (χ0) is 30.2. The van der Waals surface area contributed by atoms with Crippen molar-refractivity contribution in [1.29, 1.82) is 0 Å². The Kier molecular flexibility index (Phi) is 10.3. The predicted molar refractivity (Wildman–Crippen MR) is 165 cm³/mol. The Morgan fingerprint density at radius 1 is 1.14 bits per heavy atom. The number of hydrogen-bond donors (Lipinski definition) is 4. The number of aryl methyl sites for hydroxylation is 1. The molecule has 11 nitrogen and oxygen atoms in total. The maximum atomic E-state index is 12.3. The molecule has 0 radical (unpaired) electrons. The van der Waals surface area contributed by atoms with E-state index in [2.05, 4.69) is 27.1 Å². The highest BCUT2D eigenvalue weighted by Crippen LogP contribution is 2.52. The summed E-state index contributed by atoms with van der Waals surface area (Å²) in [7, 11) is 3.31. The third-order valence-corrected chi connectivity index (χ3v) is 9.20. The summed E-state index contributed by atoms with van der Waals surface area (Å²) in [5.74, 6) is 2.04. The van der Waals surface area contributed by atoms with E-state index in [4.69, 9.17) is 19.3 Å². The number of carboxylic acid groups (broad SMARTS) is 1. The van der Waals surface area contributed by atoms with Gasteiger partial charge in [0.25, 0.3) is 0 Å². The molecular weight excluding hydrogens is 570 g/mol. The van der Waals surface area contributed by atoms with Crippen LogP contribution in [0.2, 0.25) is 0 Å². The van der Waals surface area contributed by atoms with Gasteiger partial charge in [-0.3, -0.25) is 0 Å². The Hall–Kier alpha value is -3.93. The van der Waals surface area contributed by atoms with Crippen molar-refractivity contribution in [3.8, 4) is 11.5 Å². The van der Waals surface area contributed by atoms with E-state index in [0.29, 0.717) is 17.4 Å². The van der Waals surface area contributed by atoms with Crippen LogP contribution in [-0.2, 0) is 22.6 Å². The van der Waals surface area contributed by atoms with Crippen molar-refractivity contribution >= 4 is 35.5 Å². The molecule has 3 unspecified atom stereocenters. The molecule has 4 N–H and O–H groups in total. The molecule has 0 spiro atoms. The lowest BCUT2D eigenvalue weighted by Crippen LogP contribution is -2.41. The SMILES string of the molecule is COc1c(SCCC(NC(=O)OCc2ccccc2)C(=O)O)cc2c(c1OC)C1CCCC1C(=NNC1=NCCN1)CC2. The van der Waals surface area contributed by atoms with Gasteiger partial charge in [-0.1, -0.05) is 36.8 Å². The van der Waals surface area contributed by atoms with E-state index in [1.165, 1.54) is 22.9 Å². The predicted octanol–water partition coefficient (Wildman–Crippen LogP) is 4.30. The van der Waals surface area contributed by atoms with Crippen LogP contribution in [0.1, 0.15) is 54.7 Å². The first-order valence-electron chi connectivity index (χ1n) is 14.7. The smallest absolute Gasteiger partial charge is 0.408 e. The lowest BCUT2D eigenvalue weighted by molar-refractivity contribution is -0.139. The zero-order valence-corrected chi connectivity index (χ0v) is 25.4. The Bertz CT molecular complexity index is 1370. The third kappa shape index (κ3) is 7.35. The van der Waals surface area contributed by atoms with Crippen LogP contribution in [0.15, 0.2) is 51.4 Å². The molecule has 0 bridgehead atoms. The highest BCUT2D eigenvalue weighted by atomic mass is 32.2. The number of guanidine groups is 1. The van der Waals surface area contributed by atoms with Crippen LogP contribution in [0.3, 0.4) is 0 Å². The molecular formula is C31H39N5O6S. The van der Waals surface area contributed by atoms with Gasteiger partial charge in [0.15, 0.2) is 11.5 Å². The van der Waals surface area contributed by atoms with Gasteiger partial charge in [-0.25, -0.2) is 20.0 Å². The van der Waals surface area contributed by atoms with Crippen LogP contribution in [0.25, 0.3) is 0 Å². The van der Waals surface area contributed by atoms with E-state index in [1.54, 1.807) is 14.2 Å². The lowest BCUT2D eigenvalue weighted by Gasteiger charge is -2.25. The number of ether oxygens (including phenoxy) is 3. The second kappa shape index (κ2) is 14.5. The number of aliphatic imine (C=N–C) groups is 1. The number of alkyl carbamates (subject to hydrolysis) is 1. The van der Waals surface area contributed by atoms with E-state index in [1.807, 2.05) is 30.3 Å². The highest BCUT2D eigenvalue weighted by Gasteiger charge is 2.39. The number of carbonyl (C=O) groups excluding carboxylic acids is 1. The van der Waals surface area contributed by atoms with Gasteiger partial charge in [-0.15, -0.1) is 11.8 Å². The summed E-state index contributed by atoms with van der Waals surface area (Å²) in [4.78, 5) is 29.5. The molecule has 0 saturated heterocycles. The molecule has 43 heavy (non-hydrogen) atoms. The van der Waals surface area contributed by atoms with Gasteiger partial charge < -0.3 is 30.0 Å². The minimum Gasteiger partial charge on any atom is -0.493 e. The largest absolute Gasteiger partial charge is 0.493 e. The molecule has 2 aromatic rings. The van der Waals surface area contributed by atoms with Gasteiger partial charge in [-0.05, 0) is 55.2 Å². The second-order valence-corrected chi connectivity index (χ2v) is 11.9. The van der Waals surface area contributed by atoms with Gasteiger partial charge in [0, 0.05) is 29.5 Å². The molecule has 3 atom stereocenters. The standard InChI is InChI=1S/C31H39N5O6S/c1-40-27-25(43-16-13-24(29(37)38)34-31(39)42-18-19-7-4-3-5-8-19)17-20-11-12-23(35-36-30-32-14-15-33-30)21-9-6-10-22(21)26(20)28(27)41-2/h3-5,7-8,17,21-22,24H,6,9-16,18H2,1-2H3,(H,34,39)(H,37,38)(H2,32,33,36). The van der Waals surface area contributed by atoms with Gasteiger partial charge >= 0.3 is 12.1 Å². The average Bonchev–Trinajstić information content (AvgIpc) is 3.70. The molecule has 1 heterocycles. The van der Waals surface area contributed by atoms with Gasteiger partial charge in [0.1, 0.15) is 12.6 Å². The monoisotopic (exact) mass is 609 g/mol. The summed E-state index contributed by atoms with van der Waals surface area (Å²) >= 11 is 1.49. The summed E-state index contributed by atoms with van der Waals surface area (Å²) < 4.78 is 17.1. The fraction of sp³-hybridized carbons (Fsp3) is 0.484. The number of aliphatic carboxylic acids is 1. The van der Waals surface area contributed by atoms with Crippen LogP contribution in [0, 0.1) is 5.92 Å². The molecule has 2 aliphatic carbocycles. The van der Waals surface area contributed by atoms with E-state index < -0.39 is 18.1 Å². The van der Waals surface area contributed by atoms with E-state index in [0.717, 1.165) is 73.1 Å². The first-order chi connectivity index (χ1) is 21.0. The Morgan fingerprint density at radius 3 is 2.65 bits per heavy atom. The Balaban J connectivity index is 1.28. The van der Waals surface area contributed by atoms with Gasteiger partial charge in [0.05, 0.1) is 25.7 Å². The first kappa shape index (κ1) is 30.5. The minimum atomic E-state index is -1.12. The molecule has 5 rings (SSSR count). The average molecular weight is 610 g/mol. The van der Waals surface area contributed by atoms with E-state index >= 15 is 0 Å². The van der Waals surface area contributed by atoms with Crippen molar-refractivity contribution in [2.24, 2.45) is 16.0 Å². The molecule has 2 aromatic carbocycles. The van der Waals surface area contributed by atoms with Crippen molar-refractivity contribution < 1.29 is 28.9 Å². The third-order valence-electron chi connectivity index (χ3n) is 8.15. The van der Waals surface area contributed by atoms with E-state index in [9.17, 15) is 14.7 Å². The second-order valence-electron chi connectivity index (χ2n) is 10.8. The number of amides is 1. The highest BCUT2D eigenvalue weighted by molar-refractivity contribution is 7.99. The van der Waals surface area contributed by atoms with Crippen LogP contribution in [0.5, 0.6) is 11.5 Å². The maximum absolute atomic E-state index is 12.3. The van der Waals surface area contributed by atoms with Crippen LogP contribution in [-0.4, -0.2) is 67.9 Å². The van der Waals surface area contributed by atoms with Crippen molar-refractivity contribution in [3.63, 3.8) is 0 Å². The summed E-state index contributed by atoms with van der Waals surface area (Å²) in [6.07, 6.45) is 4.31. The molecule has 0 aromatic heterocycles. The van der Waals surface area contributed by atoms with Gasteiger partial charge in [-0.2, -0.15) is 5.10 Å². The number of rotatable bonds is 11. The summed E-state index contributed by atoms with van der Waals surface area (Å²) in [6.45, 7) is 1.64. The number of thioether (sulfide) groups is 1. The molecule has 230 valence electrons.